The van der Waals surface area contributed by atoms with Gasteiger partial charge in [0.25, 0.3) is 0 Å². The molecule has 2 aliphatic heterocycles. The smallest absolute Gasteiger partial charge is 0.345 e. The summed E-state index contributed by atoms with van der Waals surface area (Å²) in [5.74, 6) is 3.13. The summed E-state index contributed by atoms with van der Waals surface area (Å²) in [5.41, 5.74) is 1.49. The van der Waals surface area contributed by atoms with E-state index in [9.17, 15) is 4.79 Å². The van der Waals surface area contributed by atoms with Crippen molar-refractivity contribution in [2.75, 3.05) is 26.2 Å². The van der Waals surface area contributed by atoms with Crippen LogP contribution in [0.3, 0.4) is 0 Å². The van der Waals surface area contributed by atoms with Gasteiger partial charge in [0.1, 0.15) is 5.82 Å². The number of halogens is 1. The summed E-state index contributed by atoms with van der Waals surface area (Å²) in [6, 6.07) is 10.9. The molecule has 2 unspecified atom stereocenters. The summed E-state index contributed by atoms with van der Waals surface area (Å²) in [4.78, 5) is 19.8. The second kappa shape index (κ2) is 11.9. The molecule has 0 aliphatic carbocycles. The van der Waals surface area contributed by atoms with Gasteiger partial charge >= 0.3 is 5.69 Å². The summed E-state index contributed by atoms with van der Waals surface area (Å²) in [6.07, 6.45) is 5.09. The first-order valence-corrected chi connectivity index (χ1v) is 11.9. The molecule has 8 heteroatoms. The first-order valence-electron chi connectivity index (χ1n) is 11.9. The fraction of sp³-hybridized carbons (Fsp3) is 0.625. The SMILES string of the molecule is CCNC(=NCCCn1nc2n(c1=O)CCCC2)N1CCC(c2ccccc2)C(C)C1.I. The Labute approximate surface area is 208 Å². The van der Waals surface area contributed by atoms with Crippen molar-refractivity contribution < 1.29 is 0 Å². The summed E-state index contributed by atoms with van der Waals surface area (Å²) in [7, 11) is 0. The van der Waals surface area contributed by atoms with Gasteiger partial charge < -0.3 is 10.2 Å². The molecule has 0 bridgehead atoms. The number of aliphatic imine (C=N–C) groups is 1. The third-order valence-corrected chi connectivity index (χ3v) is 6.59. The molecule has 0 amide bonds. The molecule has 0 spiro atoms. The predicted octanol–water partition coefficient (Wildman–Crippen LogP) is 3.48. The van der Waals surface area contributed by atoms with Crippen molar-refractivity contribution >= 4 is 29.9 Å². The molecule has 7 nitrogen and oxygen atoms in total. The zero-order chi connectivity index (χ0) is 21.6. The van der Waals surface area contributed by atoms with Gasteiger partial charge in [-0.3, -0.25) is 9.56 Å². The zero-order valence-corrected chi connectivity index (χ0v) is 21.7. The van der Waals surface area contributed by atoms with Gasteiger partial charge in [-0.05, 0) is 50.0 Å². The second-order valence-corrected chi connectivity index (χ2v) is 8.85. The van der Waals surface area contributed by atoms with E-state index >= 15 is 0 Å². The van der Waals surface area contributed by atoms with Crippen molar-refractivity contribution in [2.24, 2.45) is 10.9 Å². The Morgan fingerprint density at radius 1 is 1.22 bits per heavy atom. The molecule has 176 valence electrons. The van der Waals surface area contributed by atoms with Crippen LogP contribution in [0.15, 0.2) is 40.1 Å². The molecule has 1 fully saturated rings. The molecular weight excluding hydrogens is 515 g/mol. The quantitative estimate of drug-likeness (QED) is 0.258. The van der Waals surface area contributed by atoms with E-state index in [4.69, 9.17) is 4.99 Å². The molecule has 2 atom stereocenters. The highest BCUT2D eigenvalue weighted by atomic mass is 127. The number of hydrogen-bond donors (Lipinski definition) is 1. The largest absolute Gasteiger partial charge is 0.357 e. The van der Waals surface area contributed by atoms with Crippen LogP contribution in [0.2, 0.25) is 0 Å². The van der Waals surface area contributed by atoms with Crippen LogP contribution in [0, 0.1) is 5.92 Å². The molecule has 1 aromatic carbocycles. The number of nitrogens with zero attached hydrogens (tertiary/aromatic N) is 5. The van der Waals surface area contributed by atoms with Crippen molar-refractivity contribution in [2.45, 2.75) is 65.0 Å². The number of fused-ring (bicyclic) bond motifs is 1. The average Bonchev–Trinajstić information content (AvgIpc) is 3.12. The van der Waals surface area contributed by atoms with Gasteiger partial charge in [-0.25, -0.2) is 9.48 Å². The number of nitrogens with one attached hydrogen (secondary N) is 1. The fourth-order valence-electron chi connectivity index (χ4n) is 4.96. The lowest BCUT2D eigenvalue weighted by Gasteiger charge is -2.39. The Morgan fingerprint density at radius 2 is 2.03 bits per heavy atom. The van der Waals surface area contributed by atoms with Gasteiger partial charge in [-0.15, -0.1) is 24.0 Å². The van der Waals surface area contributed by atoms with Crippen molar-refractivity contribution in [1.82, 2.24) is 24.6 Å². The molecule has 2 aromatic rings. The standard InChI is InChI=1S/C24H36N6O.HI/c1-3-25-23(28-17-13-21(19(2)18-28)20-10-5-4-6-11-20)26-14-9-16-30-24(31)29-15-8-7-12-22(29)27-30;/h4-6,10-11,19,21H,3,7-9,12-18H2,1-2H3,(H,25,26);1H. The molecule has 3 heterocycles. The van der Waals surface area contributed by atoms with E-state index in [0.29, 0.717) is 24.9 Å². The summed E-state index contributed by atoms with van der Waals surface area (Å²) >= 11 is 0. The summed E-state index contributed by atoms with van der Waals surface area (Å²) in [6.45, 7) is 9.50. The maximum Gasteiger partial charge on any atom is 0.345 e. The molecule has 1 aromatic heterocycles. The number of hydrogen-bond acceptors (Lipinski definition) is 3. The highest BCUT2D eigenvalue weighted by Crippen LogP contribution is 2.32. The lowest BCUT2D eigenvalue weighted by atomic mass is 9.82. The Kier molecular flexibility index (Phi) is 9.19. The van der Waals surface area contributed by atoms with E-state index in [-0.39, 0.29) is 29.7 Å². The number of aromatic nitrogens is 3. The van der Waals surface area contributed by atoms with Crippen molar-refractivity contribution in [3.63, 3.8) is 0 Å². The van der Waals surface area contributed by atoms with Crippen LogP contribution in [-0.4, -0.2) is 51.4 Å². The van der Waals surface area contributed by atoms with E-state index < -0.39 is 0 Å². The van der Waals surface area contributed by atoms with E-state index in [1.807, 2.05) is 4.57 Å². The fourth-order valence-corrected chi connectivity index (χ4v) is 4.96. The first kappa shape index (κ1) is 24.8. The maximum absolute atomic E-state index is 12.5. The van der Waals surface area contributed by atoms with E-state index in [1.165, 1.54) is 5.56 Å². The van der Waals surface area contributed by atoms with Gasteiger partial charge in [0.05, 0.1) is 0 Å². The molecule has 32 heavy (non-hydrogen) atoms. The van der Waals surface area contributed by atoms with Crippen LogP contribution in [-0.2, 0) is 19.5 Å². The lowest BCUT2D eigenvalue weighted by molar-refractivity contribution is 0.234. The lowest BCUT2D eigenvalue weighted by Crippen LogP contribution is -2.48. The van der Waals surface area contributed by atoms with Crippen molar-refractivity contribution in [3.05, 3.63) is 52.2 Å². The third kappa shape index (κ3) is 5.74. The molecular formula is C24H37IN6O. The van der Waals surface area contributed by atoms with Gasteiger partial charge in [0.2, 0.25) is 0 Å². The zero-order valence-electron chi connectivity index (χ0n) is 19.4. The topological polar surface area (TPSA) is 67.5 Å². The molecule has 1 N–H and O–H groups in total. The van der Waals surface area contributed by atoms with Gasteiger partial charge in [0.15, 0.2) is 5.96 Å². The highest BCUT2D eigenvalue weighted by molar-refractivity contribution is 14.0. The molecule has 0 saturated carbocycles. The first-order chi connectivity index (χ1) is 15.2. The minimum absolute atomic E-state index is 0. The van der Waals surface area contributed by atoms with Gasteiger partial charge in [0, 0.05) is 45.7 Å². The minimum atomic E-state index is 0. The van der Waals surface area contributed by atoms with Crippen LogP contribution in [0.5, 0.6) is 0 Å². The summed E-state index contributed by atoms with van der Waals surface area (Å²) in [5, 5.41) is 8.00. The Bertz CT molecular complexity index is 938. The van der Waals surface area contributed by atoms with Gasteiger partial charge in [-0.1, -0.05) is 37.3 Å². The van der Waals surface area contributed by atoms with Crippen LogP contribution in [0.25, 0.3) is 0 Å². The predicted molar refractivity (Wildman–Crippen MR) is 140 cm³/mol. The van der Waals surface area contributed by atoms with Crippen molar-refractivity contribution in [1.29, 1.82) is 0 Å². The van der Waals surface area contributed by atoms with Gasteiger partial charge in [-0.2, -0.15) is 5.10 Å². The molecule has 0 radical (unpaired) electrons. The monoisotopic (exact) mass is 552 g/mol. The number of piperidine rings is 1. The van der Waals surface area contributed by atoms with Crippen molar-refractivity contribution in [3.8, 4) is 0 Å². The van der Waals surface area contributed by atoms with E-state index in [1.54, 1.807) is 4.68 Å². The Morgan fingerprint density at radius 3 is 2.75 bits per heavy atom. The Hall–Kier alpha value is -1.84. The van der Waals surface area contributed by atoms with E-state index in [0.717, 1.165) is 70.1 Å². The summed E-state index contributed by atoms with van der Waals surface area (Å²) < 4.78 is 3.48. The number of aryl methyl sites for hydroxylation is 2. The van der Waals surface area contributed by atoms with Crippen LogP contribution in [0.4, 0.5) is 0 Å². The Balaban J connectivity index is 0.00000289. The molecule has 1 saturated heterocycles. The number of rotatable bonds is 6. The highest BCUT2D eigenvalue weighted by Gasteiger charge is 2.28. The van der Waals surface area contributed by atoms with E-state index in [2.05, 4.69) is 59.5 Å². The number of benzene rings is 1. The average molecular weight is 553 g/mol. The third-order valence-electron chi connectivity index (χ3n) is 6.59. The van der Waals surface area contributed by atoms with Crippen LogP contribution >= 0.6 is 24.0 Å². The normalized spacial score (nSPS) is 21.1. The van der Waals surface area contributed by atoms with Crippen LogP contribution in [0.1, 0.15) is 56.8 Å². The number of guanidine groups is 1. The number of likely N-dealkylation sites (tertiary alicyclic amines) is 1. The second-order valence-electron chi connectivity index (χ2n) is 8.85. The van der Waals surface area contributed by atoms with Crippen LogP contribution < -0.4 is 11.0 Å². The molecule has 2 aliphatic rings. The molecule has 4 rings (SSSR count). The minimum Gasteiger partial charge on any atom is -0.357 e. The maximum atomic E-state index is 12.5.